The van der Waals surface area contributed by atoms with E-state index in [2.05, 4.69) is 40.1 Å². The fourth-order valence-corrected chi connectivity index (χ4v) is 2.15. The number of nitrogens with zero attached hydrogens (tertiary/aromatic N) is 2. The lowest BCUT2D eigenvalue weighted by Crippen LogP contribution is -2.14. The number of rotatable bonds is 6. The molecule has 0 spiro atoms. The molecule has 4 nitrogen and oxygen atoms in total. The van der Waals surface area contributed by atoms with E-state index in [9.17, 15) is 0 Å². The zero-order chi connectivity index (χ0) is 13.7. The highest BCUT2D eigenvalue weighted by molar-refractivity contribution is 9.10. The lowest BCUT2D eigenvalue weighted by molar-refractivity contribution is 0.0857. The molecule has 0 bridgehead atoms. The van der Waals surface area contributed by atoms with E-state index >= 15 is 0 Å². The molecule has 1 aromatic heterocycles. The molecule has 0 aliphatic heterocycles. The monoisotopic (exact) mass is 323 g/mol. The maximum Gasteiger partial charge on any atom is 0.159 e. The number of nitrogen functional groups attached to an aromatic ring is 1. The molecule has 5 heteroatoms. The molecular formula is C14H18BrN3O. The van der Waals surface area contributed by atoms with Gasteiger partial charge in [0.25, 0.3) is 0 Å². The summed E-state index contributed by atoms with van der Waals surface area (Å²) in [5, 5.41) is 4.21. The van der Waals surface area contributed by atoms with Gasteiger partial charge in [-0.3, -0.25) is 4.68 Å². The van der Waals surface area contributed by atoms with Crippen LogP contribution in [0.25, 0.3) is 0 Å². The Hall–Kier alpha value is -1.33. The summed E-state index contributed by atoms with van der Waals surface area (Å²) in [5.74, 6) is 0.910. The van der Waals surface area contributed by atoms with Crippen molar-refractivity contribution in [2.45, 2.75) is 20.1 Å². The van der Waals surface area contributed by atoms with Gasteiger partial charge in [-0.05, 0) is 27.4 Å². The van der Waals surface area contributed by atoms with E-state index < -0.39 is 0 Å². The molecule has 1 atom stereocenters. The van der Waals surface area contributed by atoms with Gasteiger partial charge in [-0.25, -0.2) is 0 Å². The quantitative estimate of drug-likeness (QED) is 0.888. The van der Waals surface area contributed by atoms with Crippen molar-refractivity contribution in [1.82, 2.24) is 9.78 Å². The van der Waals surface area contributed by atoms with Gasteiger partial charge >= 0.3 is 0 Å². The molecule has 1 aromatic carbocycles. The molecular weight excluding hydrogens is 306 g/mol. The Bertz CT molecular complexity index is 493. The van der Waals surface area contributed by atoms with Crippen LogP contribution in [0.5, 0.6) is 0 Å². The average molecular weight is 324 g/mol. The third kappa shape index (κ3) is 4.36. The van der Waals surface area contributed by atoms with E-state index in [-0.39, 0.29) is 0 Å². The first-order valence-corrected chi connectivity index (χ1v) is 7.04. The van der Waals surface area contributed by atoms with Crippen LogP contribution in [-0.2, 0) is 17.9 Å². The lowest BCUT2D eigenvalue weighted by atomic mass is 10.2. The van der Waals surface area contributed by atoms with Crippen molar-refractivity contribution in [3.63, 3.8) is 0 Å². The van der Waals surface area contributed by atoms with Gasteiger partial charge in [-0.1, -0.05) is 37.3 Å². The van der Waals surface area contributed by atoms with Crippen LogP contribution in [0.2, 0.25) is 0 Å². The topological polar surface area (TPSA) is 53.1 Å². The second-order valence-corrected chi connectivity index (χ2v) is 5.54. The van der Waals surface area contributed by atoms with Crippen LogP contribution < -0.4 is 5.73 Å². The number of hydrogen-bond acceptors (Lipinski definition) is 3. The summed E-state index contributed by atoms with van der Waals surface area (Å²) < 4.78 is 8.39. The van der Waals surface area contributed by atoms with Gasteiger partial charge in [0.05, 0.1) is 17.7 Å². The Morgan fingerprint density at radius 3 is 2.74 bits per heavy atom. The number of halogens is 1. The van der Waals surface area contributed by atoms with E-state index in [1.54, 1.807) is 0 Å². The molecule has 0 fully saturated rings. The Morgan fingerprint density at radius 2 is 2.11 bits per heavy atom. The van der Waals surface area contributed by atoms with E-state index in [1.165, 1.54) is 5.56 Å². The van der Waals surface area contributed by atoms with Crippen LogP contribution in [0.3, 0.4) is 0 Å². The third-order valence-electron chi connectivity index (χ3n) is 2.76. The van der Waals surface area contributed by atoms with Crippen LogP contribution in [0, 0.1) is 5.92 Å². The standard InChI is InChI=1S/C14H18BrN3O/c1-11(7-18-8-13(15)14(16)17-18)9-19-10-12-5-3-2-4-6-12/h2-6,8,11H,7,9-10H2,1H3,(H2,16,17). The highest BCUT2D eigenvalue weighted by Gasteiger charge is 2.07. The van der Waals surface area contributed by atoms with Crippen LogP contribution in [0.1, 0.15) is 12.5 Å². The maximum atomic E-state index is 5.71. The van der Waals surface area contributed by atoms with Crippen molar-refractivity contribution < 1.29 is 4.74 Å². The van der Waals surface area contributed by atoms with Gasteiger partial charge in [0.15, 0.2) is 5.82 Å². The van der Waals surface area contributed by atoms with Crippen LogP contribution in [0.15, 0.2) is 41.0 Å². The first-order valence-electron chi connectivity index (χ1n) is 6.25. The van der Waals surface area contributed by atoms with E-state index in [0.717, 1.165) is 11.0 Å². The Kier molecular flexibility index (Phi) is 4.99. The largest absolute Gasteiger partial charge is 0.381 e. The Labute approximate surface area is 121 Å². The third-order valence-corrected chi connectivity index (χ3v) is 3.37. The minimum Gasteiger partial charge on any atom is -0.381 e. The van der Waals surface area contributed by atoms with Crippen molar-refractivity contribution >= 4 is 21.7 Å². The van der Waals surface area contributed by atoms with Gasteiger partial charge in [0.1, 0.15) is 0 Å². The summed E-state index contributed by atoms with van der Waals surface area (Å²) in [6, 6.07) is 10.2. The number of anilines is 1. The number of benzene rings is 1. The van der Waals surface area contributed by atoms with Crippen molar-refractivity contribution in [2.24, 2.45) is 5.92 Å². The van der Waals surface area contributed by atoms with Crippen LogP contribution >= 0.6 is 15.9 Å². The zero-order valence-electron chi connectivity index (χ0n) is 10.9. The summed E-state index contributed by atoms with van der Waals surface area (Å²) in [6.07, 6.45) is 1.89. The van der Waals surface area contributed by atoms with E-state index in [0.29, 0.717) is 24.9 Å². The van der Waals surface area contributed by atoms with Crippen molar-refractivity contribution in [2.75, 3.05) is 12.3 Å². The molecule has 1 heterocycles. The SMILES string of the molecule is CC(COCc1ccccc1)Cn1cc(Br)c(N)n1. The lowest BCUT2D eigenvalue weighted by Gasteiger charge is -2.12. The molecule has 2 rings (SSSR count). The Balaban J connectivity index is 1.74. The maximum absolute atomic E-state index is 5.71. The van der Waals surface area contributed by atoms with E-state index in [1.807, 2.05) is 29.1 Å². The summed E-state index contributed by atoms with van der Waals surface area (Å²) in [7, 11) is 0. The summed E-state index contributed by atoms with van der Waals surface area (Å²) in [4.78, 5) is 0. The van der Waals surface area contributed by atoms with Crippen LogP contribution in [-0.4, -0.2) is 16.4 Å². The minimum atomic E-state index is 0.384. The van der Waals surface area contributed by atoms with Gasteiger partial charge in [-0.2, -0.15) is 5.10 Å². The molecule has 0 saturated heterocycles. The van der Waals surface area contributed by atoms with Crippen molar-refractivity contribution in [1.29, 1.82) is 0 Å². The first kappa shape index (κ1) is 14.1. The molecule has 0 amide bonds. The molecule has 0 saturated carbocycles. The first-order chi connectivity index (χ1) is 9.15. The fourth-order valence-electron chi connectivity index (χ4n) is 1.83. The molecule has 0 radical (unpaired) electrons. The van der Waals surface area contributed by atoms with Gasteiger partial charge < -0.3 is 10.5 Å². The predicted molar refractivity (Wildman–Crippen MR) is 79.6 cm³/mol. The summed E-state index contributed by atoms with van der Waals surface area (Å²) in [5.41, 5.74) is 6.88. The number of aromatic nitrogens is 2. The van der Waals surface area contributed by atoms with Crippen LogP contribution in [0.4, 0.5) is 5.82 Å². The molecule has 1 unspecified atom stereocenters. The zero-order valence-corrected chi connectivity index (χ0v) is 12.5. The normalized spacial score (nSPS) is 12.5. The molecule has 19 heavy (non-hydrogen) atoms. The molecule has 2 aromatic rings. The molecule has 102 valence electrons. The molecule has 0 aliphatic rings. The van der Waals surface area contributed by atoms with E-state index in [4.69, 9.17) is 10.5 Å². The van der Waals surface area contributed by atoms with Crippen molar-refractivity contribution in [3.8, 4) is 0 Å². The van der Waals surface area contributed by atoms with Gasteiger partial charge in [0, 0.05) is 12.7 Å². The second kappa shape index (κ2) is 6.73. The number of nitrogens with two attached hydrogens (primary N) is 1. The highest BCUT2D eigenvalue weighted by atomic mass is 79.9. The number of hydrogen-bond donors (Lipinski definition) is 1. The second-order valence-electron chi connectivity index (χ2n) is 4.69. The minimum absolute atomic E-state index is 0.384. The van der Waals surface area contributed by atoms with Crippen molar-refractivity contribution in [3.05, 3.63) is 46.6 Å². The predicted octanol–water partition coefficient (Wildman–Crippen LogP) is 3.08. The summed E-state index contributed by atoms with van der Waals surface area (Å²) >= 11 is 3.35. The average Bonchev–Trinajstić information content (AvgIpc) is 2.69. The highest BCUT2D eigenvalue weighted by Crippen LogP contribution is 2.17. The fraction of sp³-hybridized carbons (Fsp3) is 0.357. The molecule has 0 aliphatic carbocycles. The van der Waals surface area contributed by atoms with Gasteiger partial charge in [-0.15, -0.1) is 0 Å². The van der Waals surface area contributed by atoms with Gasteiger partial charge in [0.2, 0.25) is 0 Å². The number of ether oxygens (including phenoxy) is 1. The smallest absolute Gasteiger partial charge is 0.159 e. The molecule has 2 N–H and O–H groups in total. The summed E-state index contributed by atoms with van der Waals surface area (Å²) in [6.45, 7) is 4.28. The Morgan fingerprint density at radius 1 is 1.37 bits per heavy atom.